The van der Waals surface area contributed by atoms with Crippen LogP contribution in [0.5, 0.6) is 11.5 Å². The fourth-order valence-electron chi connectivity index (χ4n) is 1.77. The maximum absolute atomic E-state index is 11.3. The van der Waals surface area contributed by atoms with Crippen LogP contribution in [-0.4, -0.2) is 31.5 Å². The quantitative estimate of drug-likeness (QED) is 0.713. The Labute approximate surface area is 125 Å². The Morgan fingerprint density at radius 3 is 2.55 bits per heavy atom. The fraction of sp³-hybridized carbons (Fsp3) is 0.533. The second-order valence-corrected chi connectivity index (χ2v) is 4.56. The van der Waals surface area contributed by atoms with Gasteiger partial charge >= 0.3 is 0 Å². The van der Waals surface area contributed by atoms with E-state index in [-0.39, 0.29) is 5.91 Å². The number of ether oxygens (including phenoxy) is 2. The molecule has 0 unspecified atom stereocenters. The number of benzene rings is 1. The van der Waals surface area contributed by atoms with Crippen molar-refractivity contribution in [3.63, 3.8) is 0 Å². The summed E-state index contributed by atoms with van der Waals surface area (Å²) < 4.78 is 11.1. The first kappa shape index (κ1) is 16.6. The minimum absolute atomic E-state index is 0.0176. The van der Waals surface area contributed by atoms with Gasteiger partial charge in [-0.25, -0.2) is 0 Å². The number of hydrogen-bond acceptors (Lipinski definition) is 3. The van der Waals surface area contributed by atoms with Crippen molar-refractivity contribution < 1.29 is 14.3 Å². The Morgan fingerprint density at radius 1 is 1.20 bits per heavy atom. The Bertz CT molecular complexity index is 424. The van der Waals surface area contributed by atoms with Gasteiger partial charge in [-0.3, -0.25) is 4.79 Å². The molecule has 1 amide bonds. The number of rotatable bonds is 9. The molecule has 0 heterocycles. The van der Waals surface area contributed by atoms with Crippen molar-refractivity contribution in [2.24, 2.45) is 0 Å². The molecule has 0 aromatic heterocycles. The molecular formula is C15H22ClNO3. The lowest BCUT2D eigenvalue weighted by molar-refractivity contribution is -0.120. The molecule has 1 aromatic carbocycles. The van der Waals surface area contributed by atoms with E-state index < -0.39 is 0 Å². The number of alkyl halides is 1. The van der Waals surface area contributed by atoms with Gasteiger partial charge in [0.25, 0.3) is 0 Å². The van der Waals surface area contributed by atoms with Crippen molar-refractivity contribution >= 4 is 17.5 Å². The van der Waals surface area contributed by atoms with Gasteiger partial charge in [-0.1, -0.05) is 6.07 Å². The molecule has 0 atom stereocenters. The zero-order chi connectivity index (χ0) is 14.8. The highest BCUT2D eigenvalue weighted by Gasteiger charge is 2.06. The van der Waals surface area contributed by atoms with Crippen LogP contribution in [0.1, 0.15) is 25.8 Å². The van der Waals surface area contributed by atoms with Crippen molar-refractivity contribution in [3.8, 4) is 11.5 Å². The highest BCUT2D eigenvalue weighted by molar-refractivity contribution is 6.18. The number of nitrogens with one attached hydrogen (secondary N) is 1. The van der Waals surface area contributed by atoms with Gasteiger partial charge in [0, 0.05) is 18.8 Å². The average molecular weight is 300 g/mol. The van der Waals surface area contributed by atoms with Crippen molar-refractivity contribution in [3.05, 3.63) is 23.8 Å². The van der Waals surface area contributed by atoms with E-state index in [2.05, 4.69) is 5.32 Å². The molecule has 0 fully saturated rings. The molecular weight excluding hydrogens is 278 g/mol. The molecule has 0 spiro atoms. The zero-order valence-electron chi connectivity index (χ0n) is 12.1. The first-order valence-corrected chi connectivity index (χ1v) is 7.45. The van der Waals surface area contributed by atoms with Crippen molar-refractivity contribution in [1.29, 1.82) is 0 Å². The van der Waals surface area contributed by atoms with Crippen LogP contribution >= 0.6 is 11.6 Å². The van der Waals surface area contributed by atoms with Crippen molar-refractivity contribution in [2.45, 2.75) is 26.7 Å². The van der Waals surface area contributed by atoms with Gasteiger partial charge < -0.3 is 14.8 Å². The lowest BCUT2D eigenvalue weighted by atomic mass is 10.1. The molecule has 4 nitrogen and oxygen atoms in total. The predicted octanol–water partition coefficient (Wildman–Crippen LogP) is 2.77. The summed E-state index contributed by atoms with van der Waals surface area (Å²) in [7, 11) is 0. The molecule has 1 N–H and O–H groups in total. The van der Waals surface area contributed by atoms with E-state index in [1.165, 1.54) is 0 Å². The van der Waals surface area contributed by atoms with Gasteiger partial charge in [-0.05, 0) is 38.0 Å². The normalized spacial score (nSPS) is 10.2. The maximum Gasteiger partial charge on any atom is 0.221 e. The van der Waals surface area contributed by atoms with E-state index in [9.17, 15) is 4.79 Å². The van der Waals surface area contributed by atoms with E-state index in [1.807, 2.05) is 32.0 Å². The van der Waals surface area contributed by atoms with Crippen LogP contribution in [0, 0.1) is 0 Å². The van der Waals surface area contributed by atoms with E-state index in [0.29, 0.717) is 32.1 Å². The number of amides is 1. The zero-order valence-corrected chi connectivity index (χ0v) is 12.8. The summed E-state index contributed by atoms with van der Waals surface area (Å²) in [6, 6.07) is 5.85. The van der Waals surface area contributed by atoms with Gasteiger partial charge in [0.05, 0.1) is 13.2 Å². The summed E-state index contributed by atoms with van der Waals surface area (Å²) in [6.07, 6.45) is 1.11. The first-order chi connectivity index (χ1) is 9.71. The maximum atomic E-state index is 11.3. The van der Waals surface area contributed by atoms with Crippen LogP contribution in [0.3, 0.4) is 0 Å². The molecule has 20 heavy (non-hydrogen) atoms. The smallest absolute Gasteiger partial charge is 0.221 e. The first-order valence-electron chi connectivity index (χ1n) is 6.92. The SMILES string of the molecule is CCOc1ccc(CCNC(=O)CCCl)cc1OCC. The molecule has 1 rings (SSSR count). The van der Waals surface area contributed by atoms with Crippen LogP contribution in [0.4, 0.5) is 0 Å². The summed E-state index contributed by atoms with van der Waals surface area (Å²) in [4.78, 5) is 11.3. The summed E-state index contributed by atoms with van der Waals surface area (Å²) in [5.41, 5.74) is 1.10. The van der Waals surface area contributed by atoms with Crippen LogP contribution in [0.15, 0.2) is 18.2 Å². The molecule has 5 heteroatoms. The van der Waals surface area contributed by atoms with E-state index in [4.69, 9.17) is 21.1 Å². The second kappa shape index (κ2) is 9.48. The largest absolute Gasteiger partial charge is 0.490 e. The summed E-state index contributed by atoms with van der Waals surface area (Å²) in [5, 5.41) is 2.83. The Kier molecular flexibility index (Phi) is 7.88. The van der Waals surface area contributed by atoms with Crippen LogP contribution in [0.25, 0.3) is 0 Å². The highest BCUT2D eigenvalue weighted by atomic mass is 35.5. The van der Waals surface area contributed by atoms with E-state index in [1.54, 1.807) is 0 Å². The molecule has 1 aromatic rings. The standard InChI is InChI=1S/C15H22ClNO3/c1-3-19-13-6-5-12(11-14(13)20-4-2)8-10-17-15(18)7-9-16/h5-6,11H,3-4,7-10H2,1-2H3,(H,17,18). The predicted molar refractivity (Wildman–Crippen MR) is 80.8 cm³/mol. The van der Waals surface area contributed by atoms with Gasteiger partial charge in [0.15, 0.2) is 11.5 Å². The number of hydrogen-bond donors (Lipinski definition) is 1. The number of carbonyl (C=O) groups is 1. The highest BCUT2D eigenvalue weighted by Crippen LogP contribution is 2.28. The van der Waals surface area contributed by atoms with Gasteiger partial charge in [0.2, 0.25) is 5.91 Å². The third-order valence-electron chi connectivity index (χ3n) is 2.67. The molecule has 0 radical (unpaired) electrons. The van der Waals surface area contributed by atoms with Crippen LogP contribution in [0.2, 0.25) is 0 Å². The summed E-state index contributed by atoms with van der Waals surface area (Å²) >= 11 is 5.50. The molecule has 0 saturated carbocycles. The molecule has 0 aliphatic rings. The Balaban J connectivity index is 2.57. The Morgan fingerprint density at radius 2 is 1.90 bits per heavy atom. The molecule has 0 aliphatic heterocycles. The van der Waals surface area contributed by atoms with E-state index >= 15 is 0 Å². The third-order valence-corrected chi connectivity index (χ3v) is 2.85. The summed E-state index contributed by atoms with van der Waals surface area (Å²) in [5.74, 6) is 1.84. The average Bonchev–Trinajstić information content (AvgIpc) is 2.42. The lowest BCUT2D eigenvalue weighted by Gasteiger charge is -2.12. The minimum Gasteiger partial charge on any atom is -0.490 e. The Hall–Kier alpha value is -1.42. The minimum atomic E-state index is -0.0176. The third kappa shape index (κ3) is 5.70. The molecule has 0 bridgehead atoms. The fourth-order valence-corrected chi connectivity index (χ4v) is 1.94. The molecule has 0 aliphatic carbocycles. The second-order valence-electron chi connectivity index (χ2n) is 4.19. The molecule has 112 valence electrons. The topological polar surface area (TPSA) is 47.6 Å². The number of carbonyl (C=O) groups excluding carboxylic acids is 1. The summed E-state index contributed by atoms with van der Waals surface area (Å²) in [6.45, 7) is 5.67. The number of halogens is 1. The van der Waals surface area contributed by atoms with Crippen molar-refractivity contribution in [2.75, 3.05) is 25.6 Å². The monoisotopic (exact) mass is 299 g/mol. The van der Waals surface area contributed by atoms with Crippen LogP contribution < -0.4 is 14.8 Å². The van der Waals surface area contributed by atoms with Gasteiger partial charge in [-0.2, -0.15) is 0 Å². The lowest BCUT2D eigenvalue weighted by Crippen LogP contribution is -2.25. The van der Waals surface area contributed by atoms with Crippen LogP contribution in [-0.2, 0) is 11.2 Å². The van der Waals surface area contributed by atoms with Gasteiger partial charge in [-0.15, -0.1) is 11.6 Å². The van der Waals surface area contributed by atoms with E-state index in [0.717, 1.165) is 23.5 Å². The molecule has 0 saturated heterocycles. The van der Waals surface area contributed by atoms with Crippen molar-refractivity contribution in [1.82, 2.24) is 5.32 Å². The van der Waals surface area contributed by atoms with Gasteiger partial charge in [0.1, 0.15) is 0 Å².